The summed E-state index contributed by atoms with van der Waals surface area (Å²) in [6.45, 7) is 5.90. The van der Waals surface area contributed by atoms with Gasteiger partial charge in [-0.15, -0.1) is 0 Å². The van der Waals surface area contributed by atoms with Gasteiger partial charge in [0.05, 0.1) is 0 Å². The third kappa shape index (κ3) is 4.15. The van der Waals surface area contributed by atoms with Gasteiger partial charge >= 0.3 is 0 Å². The SMILES string of the molecule is CNc1ccc(C(=O)NCCN2CCSCC2)c(C)c1. The summed E-state index contributed by atoms with van der Waals surface area (Å²) in [6, 6.07) is 5.81. The zero-order valence-corrected chi connectivity index (χ0v) is 13.1. The Kier molecular flexibility index (Phi) is 5.73. The zero-order chi connectivity index (χ0) is 14.4. The summed E-state index contributed by atoms with van der Waals surface area (Å²) in [5.74, 6) is 2.44. The quantitative estimate of drug-likeness (QED) is 0.869. The molecular formula is C15H23N3OS. The molecule has 2 rings (SSSR count). The van der Waals surface area contributed by atoms with Crippen molar-refractivity contribution in [1.82, 2.24) is 10.2 Å². The van der Waals surface area contributed by atoms with E-state index in [0.29, 0.717) is 0 Å². The number of carbonyl (C=O) groups excluding carboxylic acids is 1. The third-order valence-corrected chi connectivity index (χ3v) is 4.52. The fraction of sp³-hybridized carbons (Fsp3) is 0.533. The molecule has 1 heterocycles. The molecule has 1 aromatic rings. The molecule has 0 spiro atoms. The summed E-state index contributed by atoms with van der Waals surface area (Å²) in [7, 11) is 1.88. The number of anilines is 1. The van der Waals surface area contributed by atoms with E-state index in [9.17, 15) is 4.79 Å². The fourth-order valence-corrected chi connectivity index (χ4v) is 3.30. The average molecular weight is 293 g/mol. The van der Waals surface area contributed by atoms with E-state index >= 15 is 0 Å². The lowest BCUT2D eigenvalue weighted by molar-refractivity contribution is 0.0948. The van der Waals surface area contributed by atoms with Gasteiger partial charge in [0.15, 0.2) is 0 Å². The van der Waals surface area contributed by atoms with Gasteiger partial charge in [0.1, 0.15) is 0 Å². The number of rotatable bonds is 5. The molecule has 1 saturated heterocycles. The first-order valence-electron chi connectivity index (χ1n) is 7.07. The van der Waals surface area contributed by atoms with Crippen LogP contribution in [0.1, 0.15) is 15.9 Å². The Balaban J connectivity index is 1.82. The Bertz CT molecular complexity index is 458. The largest absolute Gasteiger partial charge is 0.388 e. The van der Waals surface area contributed by atoms with Gasteiger partial charge < -0.3 is 10.6 Å². The van der Waals surface area contributed by atoms with Crippen LogP contribution in [0.15, 0.2) is 18.2 Å². The molecule has 0 atom stereocenters. The van der Waals surface area contributed by atoms with Crippen LogP contribution in [0.4, 0.5) is 5.69 Å². The first kappa shape index (κ1) is 15.2. The molecule has 4 nitrogen and oxygen atoms in total. The van der Waals surface area contributed by atoms with Crippen LogP contribution >= 0.6 is 11.8 Å². The van der Waals surface area contributed by atoms with Crippen molar-refractivity contribution in [3.8, 4) is 0 Å². The van der Waals surface area contributed by atoms with Gasteiger partial charge in [-0.25, -0.2) is 0 Å². The van der Waals surface area contributed by atoms with E-state index in [0.717, 1.165) is 43.0 Å². The molecule has 1 aliphatic heterocycles. The van der Waals surface area contributed by atoms with Crippen molar-refractivity contribution in [3.05, 3.63) is 29.3 Å². The molecule has 1 amide bonds. The van der Waals surface area contributed by atoms with Crippen molar-refractivity contribution in [1.29, 1.82) is 0 Å². The maximum atomic E-state index is 12.2. The highest BCUT2D eigenvalue weighted by molar-refractivity contribution is 7.99. The van der Waals surface area contributed by atoms with Crippen LogP contribution in [0.25, 0.3) is 0 Å². The molecule has 0 unspecified atom stereocenters. The van der Waals surface area contributed by atoms with E-state index in [4.69, 9.17) is 0 Å². The minimum atomic E-state index is 0.0246. The Hall–Kier alpha value is -1.20. The van der Waals surface area contributed by atoms with Gasteiger partial charge in [-0.05, 0) is 30.7 Å². The Morgan fingerprint density at radius 3 is 2.75 bits per heavy atom. The summed E-state index contributed by atoms with van der Waals surface area (Å²) >= 11 is 2.01. The van der Waals surface area contributed by atoms with E-state index < -0.39 is 0 Å². The first-order chi connectivity index (χ1) is 9.70. The molecule has 1 aliphatic rings. The predicted octanol–water partition coefficient (Wildman–Crippen LogP) is 1.82. The predicted molar refractivity (Wildman–Crippen MR) is 86.8 cm³/mol. The standard InChI is InChI=1S/C15H23N3OS/c1-12-11-13(16-2)3-4-14(12)15(19)17-5-6-18-7-9-20-10-8-18/h3-4,11,16H,5-10H2,1-2H3,(H,17,19). The average Bonchev–Trinajstić information content (AvgIpc) is 2.48. The molecule has 0 saturated carbocycles. The van der Waals surface area contributed by atoms with Gasteiger partial charge in [0.25, 0.3) is 5.91 Å². The second kappa shape index (κ2) is 7.55. The minimum Gasteiger partial charge on any atom is -0.388 e. The highest BCUT2D eigenvalue weighted by atomic mass is 32.2. The van der Waals surface area contributed by atoms with Crippen molar-refractivity contribution < 1.29 is 4.79 Å². The minimum absolute atomic E-state index is 0.0246. The number of aryl methyl sites for hydroxylation is 1. The summed E-state index contributed by atoms with van der Waals surface area (Å²) < 4.78 is 0. The van der Waals surface area contributed by atoms with Crippen molar-refractivity contribution in [2.24, 2.45) is 0 Å². The first-order valence-corrected chi connectivity index (χ1v) is 8.23. The second-order valence-corrected chi connectivity index (χ2v) is 6.21. The van der Waals surface area contributed by atoms with Crippen LogP contribution < -0.4 is 10.6 Å². The molecule has 110 valence electrons. The number of hydrogen-bond acceptors (Lipinski definition) is 4. The van der Waals surface area contributed by atoms with Crippen molar-refractivity contribution >= 4 is 23.4 Å². The van der Waals surface area contributed by atoms with Crippen LogP contribution in [0.2, 0.25) is 0 Å². The third-order valence-electron chi connectivity index (χ3n) is 3.58. The Morgan fingerprint density at radius 2 is 2.10 bits per heavy atom. The van der Waals surface area contributed by atoms with Gasteiger partial charge in [-0.3, -0.25) is 9.69 Å². The molecule has 0 radical (unpaired) electrons. The zero-order valence-electron chi connectivity index (χ0n) is 12.2. The van der Waals surface area contributed by atoms with Crippen LogP contribution in [0, 0.1) is 6.92 Å². The molecule has 0 aromatic heterocycles. The number of nitrogens with zero attached hydrogens (tertiary/aromatic N) is 1. The molecule has 20 heavy (non-hydrogen) atoms. The van der Waals surface area contributed by atoms with Crippen molar-refractivity contribution in [2.75, 3.05) is 50.0 Å². The molecule has 2 N–H and O–H groups in total. The maximum Gasteiger partial charge on any atom is 0.251 e. The van der Waals surface area contributed by atoms with Crippen molar-refractivity contribution in [2.45, 2.75) is 6.92 Å². The van der Waals surface area contributed by atoms with E-state index in [1.165, 1.54) is 11.5 Å². The van der Waals surface area contributed by atoms with E-state index in [2.05, 4.69) is 15.5 Å². The normalized spacial score (nSPS) is 15.9. The molecular weight excluding hydrogens is 270 g/mol. The lowest BCUT2D eigenvalue weighted by Gasteiger charge is -2.26. The smallest absolute Gasteiger partial charge is 0.251 e. The molecule has 0 bridgehead atoms. The fourth-order valence-electron chi connectivity index (χ4n) is 2.32. The lowest BCUT2D eigenvalue weighted by atomic mass is 10.1. The van der Waals surface area contributed by atoms with Gasteiger partial charge in [0, 0.05) is 56.0 Å². The van der Waals surface area contributed by atoms with E-state index in [-0.39, 0.29) is 5.91 Å². The highest BCUT2D eigenvalue weighted by Gasteiger charge is 2.12. The number of thioether (sulfide) groups is 1. The van der Waals surface area contributed by atoms with Gasteiger partial charge in [-0.1, -0.05) is 0 Å². The van der Waals surface area contributed by atoms with E-state index in [1.807, 2.05) is 43.9 Å². The summed E-state index contributed by atoms with van der Waals surface area (Å²) in [6.07, 6.45) is 0. The molecule has 5 heteroatoms. The monoisotopic (exact) mass is 293 g/mol. The van der Waals surface area contributed by atoms with Crippen LogP contribution in [-0.2, 0) is 0 Å². The molecule has 1 aromatic carbocycles. The van der Waals surface area contributed by atoms with Gasteiger partial charge in [0.2, 0.25) is 0 Å². The maximum absolute atomic E-state index is 12.2. The van der Waals surface area contributed by atoms with E-state index in [1.54, 1.807) is 0 Å². The summed E-state index contributed by atoms with van der Waals surface area (Å²) in [5.41, 5.74) is 2.80. The number of hydrogen-bond donors (Lipinski definition) is 2. The summed E-state index contributed by atoms with van der Waals surface area (Å²) in [5, 5.41) is 6.10. The number of benzene rings is 1. The van der Waals surface area contributed by atoms with Gasteiger partial charge in [-0.2, -0.15) is 11.8 Å². The number of nitrogens with one attached hydrogen (secondary N) is 2. The van der Waals surface area contributed by atoms with Crippen LogP contribution in [0.5, 0.6) is 0 Å². The Morgan fingerprint density at radius 1 is 1.35 bits per heavy atom. The Labute approximate surface area is 125 Å². The summed E-state index contributed by atoms with van der Waals surface area (Å²) in [4.78, 5) is 14.6. The number of carbonyl (C=O) groups is 1. The second-order valence-electron chi connectivity index (χ2n) is 4.99. The highest BCUT2D eigenvalue weighted by Crippen LogP contribution is 2.14. The van der Waals surface area contributed by atoms with Crippen LogP contribution in [0.3, 0.4) is 0 Å². The molecule has 1 fully saturated rings. The van der Waals surface area contributed by atoms with Crippen LogP contribution in [-0.4, -0.2) is 55.5 Å². The topological polar surface area (TPSA) is 44.4 Å². The number of amides is 1. The van der Waals surface area contributed by atoms with Crippen molar-refractivity contribution in [3.63, 3.8) is 0 Å². The lowest BCUT2D eigenvalue weighted by Crippen LogP contribution is -2.39. The molecule has 0 aliphatic carbocycles.